The van der Waals surface area contributed by atoms with E-state index in [-0.39, 0.29) is 30.5 Å². The fourth-order valence-corrected chi connectivity index (χ4v) is 2.15. The highest BCUT2D eigenvalue weighted by Crippen LogP contribution is 2.15. The lowest BCUT2D eigenvalue weighted by Crippen LogP contribution is -2.28. The van der Waals surface area contributed by atoms with Crippen molar-refractivity contribution in [3.63, 3.8) is 0 Å². The average Bonchev–Trinajstić information content (AvgIpc) is 2.50. The molecule has 0 aliphatic carbocycles. The molecule has 0 bridgehead atoms. The van der Waals surface area contributed by atoms with E-state index >= 15 is 0 Å². The summed E-state index contributed by atoms with van der Waals surface area (Å²) >= 11 is 0. The van der Waals surface area contributed by atoms with Gasteiger partial charge in [0.1, 0.15) is 5.82 Å². The summed E-state index contributed by atoms with van der Waals surface area (Å²) in [7, 11) is 0. The summed E-state index contributed by atoms with van der Waals surface area (Å²) in [5.41, 5.74) is 2.38. The smallest absolute Gasteiger partial charge is 0.251 e. The lowest BCUT2D eigenvalue weighted by atomic mass is 10.1. The molecule has 0 fully saturated rings. The average molecular weight is 314 g/mol. The molecule has 0 aliphatic rings. The minimum absolute atomic E-state index is 0.0743. The summed E-state index contributed by atoms with van der Waals surface area (Å²) in [5, 5.41) is 5.18. The first-order chi connectivity index (χ1) is 11.0. The van der Waals surface area contributed by atoms with Gasteiger partial charge in [0.15, 0.2) is 0 Å². The predicted octanol–water partition coefficient (Wildman–Crippen LogP) is 3.20. The van der Waals surface area contributed by atoms with Crippen LogP contribution in [0.5, 0.6) is 0 Å². The van der Waals surface area contributed by atoms with Crippen LogP contribution < -0.4 is 10.6 Å². The lowest BCUT2D eigenvalue weighted by Gasteiger charge is -2.09. The first kappa shape index (κ1) is 16.7. The Morgan fingerprint density at radius 2 is 1.83 bits per heavy atom. The van der Waals surface area contributed by atoms with Crippen molar-refractivity contribution in [2.45, 2.75) is 20.3 Å². The van der Waals surface area contributed by atoms with E-state index in [0.29, 0.717) is 5.56 Å². The number of amides is 2. The molecule has 0 radical (unpaired) electrons. The molecule has 120 valence electrons. The number of hydrogen-bond acceptors (Lipinski definition) is 2. The first-order valence-electron chi connectivity index (χ1n) is 7.37. The molecule has 0 spiro atoms. The van der Waals surface area contributed by atoms with E-state index in [1.54, 1.807) is 25.1 Å². The van der Waals surface area contributed by atoms with Crippen LogP contribution in [0.15, 0.2) is 42.5 Å². The SMILES string of the molecule is Cc1ccc(NC(=O)CCNC(=O)c2ccccc2C)c(F)c1. The number of hydrogen-bond donors (Lipinski definition) is 2. The Labute approximate surface area is 134 Å². The zero-order chi connectivity index (χ0) is 16.8. The highest BCUT2D eigenvalue weighted by Gasteiger charge is 2.10. The fraction of sp³-hybridized carbons (Fsp3) is 0.222. The molecule has 5 heteroatoms. The van der Waals surface area contributed by atoms with E-state index in [0.717, 1.165) is 11.1 Å². The molecule has 2 amide bonds. The third kappa shape index (κ3) is 4.64. The van der Waals surface area contributed by atoms with E-state index in [1.807, 2.05) is 19.1 Å². The van der Waals surface area contributed by atoms with Gasteiger partial charge in [0.2, 0.25) is 5.91 Å². The van der Waals surface area contributed by atoms with Gasteiger partial charge in [0.05, 0.1) is 5.69 Å². The van der Waals surface area contributed by atoms with Crippen molar-refractivity contribution in [2.24, 2.45) is 0 Å². The van der Waals surface area contributed by atoms with Gasteiger partial charge in [0, 0.05) is 18.5 Å². The summed E-state index contributed by atoms with van der Waals surface area (Å²) < 4.78 is 13.6. The lowest BCUT2D eigenvalue weighted by molar-refractivity contribution is -0.116. The molecular weight excluding hydrogens is 295 g/mol. The monoisotopic (exact) mass is 314 g/mol. The number of carbonyl (C=O) groups excluding carboxylic acids is 2. The molecular formula is C18H19FN2O2. The maximum absolute atomic E-state index is 13.6. The number of benzene rings is 2. The number of halogens is 1. The van der Waals surface area contributed by atoms with Gasteiger partial charge >= 0.3 is 0 Å². The van der Waals surface area contributed by atoms with Crippen LogP contribution in [0.2, 0.25) is 0 Å². The zero-order valence-electron chi connectivity index (χ0n) is 13.2. The quantitative estimate of drug-likeness (QED) is 0.890. The van der Waals surface area contributed by atoms with Gasteiger partial charge in [-0.25, -0.2) is 4.39 Å². The number of rotatable bonds is 5. The molecule has 0 atom stereocenters. The van der Waals surface area contributed by atoms with Gasteiger partial charge < -0.3 is 10.6 Å². The molecule has 23 heavy (non-hydrogen) atoms. The zero-order valence-corrected chi connectivity index (χ0v) is 13.2. The van der Waals surface area contributed by atoms with Gasteiger partial charge in [-0.05, 0) is 43.2 Å². The molecule has 0 unspecified atom stereocenters. The Kier molecular flexibility index (Phi) is 5.46. The predicted molar refractivity (Wildman–Crippen MR) is 87.9 cm³/mol. The Morgan fingerprint density at radius 3 is 2.52 bits per heavy atom. The Morgan fingerprint density at radius 1 is 1.09 bits per heavy atom. The molecule has 2 aromatic rings. The third-order valence-electron chi connectivity index (χ3n) is 3.43. The van der Waals surface area contributed by atoms with Gasteiger partial charge in [-0.1, -0.05) is 24.3 Å². The van der Waals surface area contributed by atoms with Crippen molar-refractivity contribution >= 4 is 17.5 Å². The highest BCUT2D eigenvalue weighted by atomic mass is 19.1. The van der Waals surface area contributed by atoms with Crippen molar-refractivity contribution < 1.29 is 14.0 Å². The Hall–Kier alpha value is -2.69. The second-order valence-corrected chi connectivity index (χ2v) is 5.35. The van der Waals surface area contributed by atoms with Crippen LogP contribution in [0, 0.1) is 19.7 Å². The fourth-order valence-electron chi connectivity index (χ4n) is 2.15. The molecule has 2 aromatic carbocycles. The molecule has 2 rings (SSSR count). The van der Waals surface area contributed by atoms with Crippen molar-refractivity contribution in [3.8, 4) is 0 Å². The van der Waals surface area contributed by atoms with E-state index in [4.69, 9.17) is 0 Å². The molecule has 0 saturated carbocycles. The van der Waals surface area contributed by atoms with Crippen LogP contribution in [0.4, 0.5) is 10.1 Å². The van der Waals surface area contributed by atoms with Crippen molar-refractivity contribution in [2.75, 3.05) is 11.9 Å². The Bertz CT molecular complexity index is 729. The minimum atomic E-state index is -0.470. The Balaban J connectivity index is 1.83. The van der Waals surface area contributed by atoms with Crippen molar-refractivity contribution in [3.05, 3.63) is 65.0 Å². The summed E-state index contributed by atoms with van der Waals surface area (Å²) in [4.78, 5) is 23.8. The number of nitrogens with one attached hydrogen (secondary N) is 2. The van der Waals surface area contributed by atoms with Gasteiger partial charge in [-0.2, -0.15) is 0 Å². The summed E-state index contributed by atoms with van der Waals surface area (Å²) in [6.07, 6.45) is 0.0743. The molecule has 0 saturated heterocycles. The van der Waals surface area contributed by atoms with E-state index in [1.165, 1.54) is 12.1 Å². The van der Waals surface area contributed by atoms with Gasteiger partial charge in [-0.15, -0.1) is 0 Å². The van der Waals surface area contributed by atoms with Gasteiger partial charge in [0.25, 0.3) is 5.91 Å². The van der Waals surface area contributed by atoms with E-state index in [9.17, 15) is 14.0 Å². The normalized spacial score (nSPS) is 10.2. The van der Waals surface area contributed by atoms with Crippen LogP contribution in [-0.2, 0) is 4.79 Å². The van der Waals surface area contributed by atoms with Gasteiger partial charge in [-0.3, -0.25) is 9.59 Å². The van der Waals surface area contributed by atoms with Crippen LogP contribution in [0.1, 0.15) is 27.9 Å². The highest BCUT2D eigenvalue weighted by molar-refractivity contribution is 5.96. The third-order valence-corrected chi connectivity index (χ3v) is 3.43. The van der Waals surface area contributed by atoms with Crippen LogP contribution in [0.3, 0.4) is 0 Å². The molecule has 4 nitrogen and oxygen atoms in total. The second kappa shape index (κ2) is 7.54. The van der Waals surface area contributed by atoms with Crippen LogP contribution in [0.25, 0.3) is 0 Å². The van der Waals surface area contributed by atoms with Crippen LogP contribution >= 0.6 is 0 Å². The summed E-state index contributed by atoms with van der Waals surface area (Å²) in [5.74, 6) is -1.04. The molecule has 0 aromatic heterocycles. The maximum atomic E-state index is 13.6. The summed E-state index contributed by atoms with van der Waals surface area (Å²) in [6.45, 7) is 3.81. The number of anilines is 1. The molecule has 0 heterocycles. The maximum Gasteiger partial charge on any atom is 0.251 e. The van der Waals surface area contributed by atoms with E-state index < -0.39 is 5.82 Å². The topological polar surface area (TPSA) is 58.2 Å². The number of carbonyl (C=O) groups is 2. The summed E-state index contributed by atoms with van der Waals surface area (Å²) in [6, 6.07) is 11.8. The number of aryl methyl sites for hydroxylation is 2. The minimum Gasteiger partial charge on any atom is -0.352 e. The van der Waals surface area contributed by atoms with E-state index in [2.05, 4.69) is 10.6 Å². The van der Waals surface area contributed by atoms with Crippen molar-refractivity contribution in [1.29, 1.82) is 0 Å². The van der Waals surface area contributed by atoms with Crippen molar-refractivity contribution in [1.82, 2.24) is 5.32 Å². The first-order valence-corrected chi connectivity index (χ1v) is 7.37. The molecule has 0 aliphatic heterocycles. The second-order valence-electron chi connectivity index (χ2n) is 5.35. The van der Waals surface area contributed by atoms with Crippen LogP contribution in [-0.4, -0.2) is 18.4 Å². The molecule has 2 N–H and O–H groups in total. The standard InChI is InChI=1S/C18H19FN2O2/c1-12-7-8-16(15(19)11-12)21-17(22)9-10-20-18(23)14-6-4-3-5-13(14)2/h3-8,11H,9-10H2,1-2H3,(H,20,23)(H,21,22). The largest absolute Gasteiger partial charge is 0.352 e.